The second-order valence-corrected chi connectivity index (χ2v) is 9.64. The first kappa shape index (κ1) is 31.2. The molecule has 0 radical (unpaired) electrons. The van der Waals surface area contributed by atoms with Crippen molar-refractivity contribution in [3.05, 3.63) is 96.1 Å². The van der Waals surface area contributed by atoms with E-state index in [9.17, 15) is 47.9 Å². The lowest BCUT2D eigenvalue weighted by Crippen LogP contribution is -2.63. The molecule has 0 amide bonds. The molecule has 0 fully saturated rings. The van der Waals surface area contributed by atoms with Gasteiger partial charge in [-0.3, -0.25) is 4.55 Å². The quantitative estimate of drug-likeness (QED) is 0.231. The van der Waals surface area contributed by atoms with Gasteiger partial charge in [0.1, 0.15) is 0 Å². The average molecular weight is 572 g/mol. The summed E-state index contributed by atoms with van der Waals surface area (Å²) >= 11 is 0. The summed E-state index contributed by atoms with van der Waals surface area (Å²) in [5.74, 6) is -14.2. The molecular formula is C25H21F9O3S. The molecule has 0 aliphatic heterocycles. The van der Waals surface area contributed by atoms with Gasteiger partial charge in [-0.15, -0.1) is 0 Å². The number of hydrogen-bond donors (Lipinski definition) is 1. The van der Waals surface area contributed by atoms with E-state index in [1.54, 1.807) is 0 Å². The Balaban J connectivity index is 0.000000275. The van der Waals surface area contributed by atoms with Gasteiger partial charge < -0.3 is 0 Å². The zero-order chi connectivity index (χ0) is 29.0. The van der Waals surface area contributed by atoms with Crippen LogP contribution in [0.15, 0.2) is 84.9 Å². The van der Waals surface area contributed by atoms with Crippen LogP contribution < -0.4 is 0 Å². The number of halogens is 9. The fourth-order valence-electron chi connectivity index (χ4n) is 3.35. The molecule has 0 spiro atoms. The highest BCUT2D eigenvalue weighted by molar-refractivity contribution is 7.87. The predicted octanol–water partition coefficient (Wildman–Crippen LogP) is 8.00. The average Bonchev–Trinajstić information content (AvgIpc) is 2.84. The first-order chi connectivity index (χ1) is 17.3. The van der Waals surface area contributed by atoms with E-state index in [1.807, 2.05) is 0 Å². The highest BCUT2D eigenvalue weighted by Crippen LogP contribution is 2.54. The molecule has 1 N–H and O–H groups in total. The lowest BCUT2D eigenvalue weighted by molar-refractivity contribution is -0.382. The molecule has 0 aliphatic carbocycles. The smallest absolute Gasteiger partial charge is 0.281 e. The van der Waals surface area contributed by atoms with Crippen molar-refractivity contribution in [1.82, 2.24) is 0 Å². The number of benzene rings is 3. The van der Waals surface area contributed by atoms with E-state index in [0.29, 0.717) is 5.92 Å². The fraction of sp³-hybridized carbons (Fsp3) is 0.280. The summed E-state index contributed by atoms with van der Waals surface area (Å²) in [6.45, 7) is 2.30. The summed E-state index contributed by atoms with van der Waals surface area (Å²) < 4.78 is 134. The van der Waals surface area contributed by atoms with Crippen LogP contribution in [-0.2, 0) is 16.5 Å². The number of hydrogen-bond acceptors (Lipinski definition) is 2. The maximum absolute atomic E-state index is 12.2. The monoisotopic (exact) mass is 572 g/mol. The molecule has 3 aromatic carbocycles. The van der Waals surface area contributed by atoms with Crippen LogP contribution in [0.2, 0.25) is 0 Å². The Labute approximate surface area is 212 Å². The van der Waals surface area contributed by atoms with E-state index in [-0.39, 0.29) is 0 Å². The van der Waals surface area contributed by atoms with Crippen molar-refractivity contribution in [2.45, 2.75) is 42.5 Å². The molecule has 0 heterocycles. The van der Waals surface area contributed by atoms with Crippen molar-refractivity contribution < 1.29 is 52.5 Å². The van der Waals surface area contributed by atoms with Crippen molar-refractivity contribution in [2.24, 2.45) is 0 Å². The highest BCUT2D eigenvalue weighted by atomic mass is 32.2. The van der Waals surface area contributed by atoms with Crippen molar-refractivity contribution in [3.63, 3.8) is 0 Å². The summed E-state index contributed by atoms with van der Waals surface area (Å²) in [6.07, 6.45) is -6.07. The Bertz CT molecular complexity index is 1290. The summed E-state index contributed by atoms with van der Waals surface area (Å²) in [5, 5.41) is -7.00. The van der Waals surface area contributed by atoms with E-state index < -0.39 is 33.4 Å². The van der Waals surface area contributed by atoms with Gasteiger partial charge in [0.2, 0.25) is 0 Å². The molecule has 13 heteroatoms. The summed E-state index contributed by atoms with van der Waals surface area (Å²) in [4.78, 5) is 0. The molecule has 0 aromatic heterocycles. The second-order valence-electron chi connectivity index (χ2n) is 8.18. The van der Waals surface area contributed by atoms with Gasteiger partial charge in [0, 0.05) is 0 Å². The largest absolute Gasteiger partial charge is 0.460 e. The Morgan fingerprint density at radius 2 is 1.13 bits per heavy atom. The molecule has 1 unspecified atom stereocenters. The van der Waals surface area contributed by atoms with Crippen LogP contribution >= 0.6 is 0 Å². The van der Waals surface area contributed by atoms with E-state index >= 15 is 0 Å². The molecule has 0 saturated heterocycles. The van der Waals surface area contributed by atoms with Crippen LogP contribution in [0.5, 0.6) is 0 Å². The van der Waals surface area contributed by atoms with Crippen LogP contribution in [0.4, 0.5) is 39.5 Å². The van der Waals surface area contributed by atoms with Crippen LogP contribution in [0.1, 0.15) is 24.0 Å². The Morgan fingerprint density at radius 1 is 0.684 bits per heavy atom. The van der Waals surface area contributed by atoms with Gasteiger partial charge in [-0.05, 0) is 34.6 Å². The molecule has 3 rings (SSSR count). The minimum Gasteiger partial charge on any atom is -0.281 e. The van der Waals surface area contributed by atoms with Crippen molar-refractivity contribution >= 4 is 10.1 Å². The second kappa shape index (κ2) is 11.4. The summed E-state index contributed by atoms with van der Waals surface area (Å²) in [7, 11) is -7.17. The Morgan fingerprint density at radius 3 is 1.61 bits per heavy atom. The van der Waals surface area contributed by atoms with E-state index in [1.165, 1.54) is 22.3 Å². The molecule has 38 heavy (non-hydrogen) atoms. The number of alkyl halides is 9. The summed E-state index contributed by atoms with van der Waals surface area (Å²) in [5.41, 5.74) is 5.47. The Kier molecular flexibility index (Phi) is 9.31. The van der Waals surface area contributed by atoms with Gasteiger partial charge in [-0.2, -0.15) is 47.9 Å². The topological polar surface area (TPSA) is 54.4 Å². The molecule has 0 bridgehead atoms. The third kappa shape index (κ3) is 6.49. The minimum atomic E-state index is -7.37. The van der Waals surface area contributed by atoms with Gasteiger partial charge in [0.15, 0.2) is 0 Å². The Hall–Kier alpha value is -3.06. The van der Waals surface area contributed by atoms with Gasteiger partial charge in [-0.1, -0.05) is 91.9 Å². The van der Waals surface area contributed by atoms with Crippen molar-refractivity contribution in [2.75, 3.05) is 0 Å². The van der Waals surface area contributed by atoms with E-state index in [4.69, 9.17) is 4.55 Å². The van der Waals surface area contributed by atoms with E-state index in [0.717, 1.165) is 6.42 Å². The normalized spacial score (nSPS) is 13.9. The van der Waals surface area contributed by atoms with Crippen LogP contribution in [0, 0.1) is 0 Å². The maximum atomic E-state index is 12.2. The van der Waals surface area contributed by atoms with Crippen molar-refractivity contribution in [1.29, 1.82) is 0 Å². The molecule has 1 atom stereocenters. The van der Waals surface area contributed by atoms with Crippen molar-refractivity contribution in [3.8, 4) is 11.1 Å². The van der Waals surface area contributed by atoms with Gasteiger partial charge >= 0.3 is 33.4 Å². The van der Waals surface area contributed by atoms with Gasteiger partial charge in [-0.25, -0.2) is 0 Å². The van der Waals surface area contributed by atoms with Crippen LogP contribution in [0.3, 0.4) is 0 Å². The molecule has 3 aromatic rings. The van der Waals surface area contributed by atoms with Crippen LogP contribution in [-0.4, -0.2) is 36.2 Å². The lowest BCUT2D eigenvalue weighted by Gasteiger charge is -2.31. The SMILES string of the molecule is CC(Cc1ccccc1-c1ccccc1)c1ccccc1.O=S(=O)(O)C(F)(F)C(F)(F)C(F)(F)C(F)(F)F. The van der Waals surface area contributed by atoms with Crippen LogP contribution in [0.25, 0.3) is 11.1 Å². The third-order valence-electron chi connectivity index (χ3n) is 5.44. The molecule has 208 valence electrons. The number of rotatable bonds is 7. The fourth-order valence-corrected chi connectivity index (χ4v) is 3.80. The molecule has 0 saturated carbocycles. The minimum absolute atomic E-state index is 0.524. The molecular weight excluding hydrogens is 551 g/mol. The maximum Gasteiger partial charge on any atom is 0.460 e. The summed E-state index contributed by atoms with van der Waals surface area (Å²) in [6, 6.07) is 30.1. The highest BCUT2D eigenvalue weighted by Gasteiger charge is 2.85. The molecule has 3 nitrogen and oxygen atoms in total. The standard InChI is InChI=1S/C21H20.C4HF9O3S/c1-17(18-10-4-2-5-11-18)16-20-14-8-9-15-21(20)19-12-6-3-7-13-19;5-1(6,3(9,10)11)2(7,8)4(12,13)17(14,15)16/h2-15,17H,16H2,1H3;(H,14,15,16). The lowest BCUT2D eigenvalue weighted by atomic mass is 9.89. The van der Waals surface area contributed by atoms with Gasteiger partial charge in [0.25, 0.3) is 0 Å². The zero-order valence-corrected chi connectivity index (χ0v) is 20.3. The third-order valence-corrected chi connectivity index (χ3v) is 6.34. The predicted molar refractivity (Wildman–Crippen MR) is 123 cm³/mol. The first-order valence-electron chi connectivity index (χ1n) is 10.7. The zero-order valence-electron chi connectivity index (χ0n) is 19.4. The van der Waals surface area contributed by atoms with E-state index in [2.05, 4.69) is 91.9 Å². The van der Waals surface area contributed by atoms with Gasteiger partial charge in [0.05, 0.1) is 0 Å². The molecule has 0 aliphatic rings. The first-order valence-corrected chi connectivity index (χ1v) is 12.1.